The molecule has 0 radical (unpaired) electrons. The molecule has 0 spiro atoms. The third-order valence-corrected chi connectivity index (χ3v) is 4.96. The van der Waals surface area contributed by atoms with Crippen molar-refractivity contribution in [2.75, 3.05) is 14.2 Å². The number of allylic oxidation sites excluding steroid dienone is 1. The van der Waals surface area contributed by atoms with Crippen molar-refractivity contribution >= 4 is 5.84 Å². The molecule has 0 fully saturated rings. The van der Waals surface area contributed by atoms with Crippen molar-refractivity contribution in [3.63, 3.8) is 0 Å². The van der Waals surface area contributed by atoms with E-state index in [1.807, 2.05) is 49.4 Å². The van der Waals surface area contributed by atoms with Crippen LogP contribution in [-0.2, 0) is 6.42 Å². The largest absolute Gasteiger partial charge is 0.497 e. The van der Waals surface area contributed by atoms with Crippen LogP contribution in [0, 0.1) is 0 Å². The van der Waals surface area contributed by atoms with E-state index >= 15 is 0 Å². The molecule has 29 heavy (non-hydrogen) atoms. The number of ether oxygens (including phenoxy) is 2. The molecule has 0 amide bonds. The van der Waals surface area contributed by atoms with Crippen molar-refractivity contribution in [3.05, 3.63) is 71.4 Å². The van der Waals surface area contributed by atoms with Gasteiger partial charge in [-0.1, -0.05) is 30.3 Å². The van der Waals surface area contributed by atoms with Gasteiger partial charge in [-0.15, -0.1) is 0 Å². The predicted molar refractivity (Wildman–Crippen MR) is 117 cm³/mol. The lowest BCUT2D eigenvalue weighted by Crippen LogP contribution is -2.67. The second kappa shape index (κ2) is 9.01. The number of hydrogen-bond acceptors (Lipinski definition) is 5. The van der Waals surface area contributed by atoms with E-state index in [9.17, 15) is 0 Å². The molecule has 6 nitrogen and oxygen atoms in total. The number of nitrogens with one attached hydrogen (secondary N) is 2. The highest BCUT2D eigenvalue weighted by Gasteiger charge is 2.29. The van der Waals surface area contributed by atoms with Crippen LogP contribution >= 0.6 is 0 Å². The van der Waals surface area contributed by atoms with Gasteiger partial charge in [-0.25, -0.2) is 0 Å². The summed E-state index contributed by atoms with van der Waals surface area (Å²) in [5.41, 5.74) is 9.88. The predicted octanol–water partition coefficient (Wildman–Crippen LogP) is 3.51. The van der Waals surface area contributed by atoms with Gasteiger partial charge in [-0.3, -0.25) is 10.7 Å². The maximum absolute atomic E-state index is 6.64. The van der Waals surface area contributed by atoms with Crippen LogP contribution in [0.5, 0.6) is 11.5 Å². The molecule has 154 valence electrons. The van der Waals surface area contributed by atoms with Gasteiger partial charge in [0, 0.05) is 18.2 Å². The second-order valence-electron chi connectivity index (χ2n) is 7.37. The quantitative estimate of drug-likeness (QED) is 0.670. The Morgan fingerprint density at radius 2 is 1.69 bits per heavy atom. The maximum Gasteiger partial charge on any atom is 0.162 e. The first-order valence-electron chi connectivity index (χ1n) is 9.79. The lowest BCUT2D eigenvalue weighted by Gasteiger charge is -2.37. The molecule has 1 heterocycles. The van der Waals surface area contributed by atoms with Gasteiger partial charge in [-0.05, 0) is 49.6 Å². The monoisotopic (exact) mass is 394 g/mol. The fraction of sp³-hybridized carbons (Fsp3) is 0.348. The molecule has 0 bridgehead atoms. The number of nitrogens with two attached hydrogens (primary N) is 1. The van der Waals surface area contributed by atoms with E-state index < -0.39 is 5.79 Å². The summed E-state index contributed by atoms with van der Waals surface area (Å²) in [5, 5.41) is 6.71. The molecule has 2 aromatic rings. The maximum atomic E-state index is 6.64. The zero-order valence-electron chi connectivity index (χ0n) is 17.5. The van der Waals surface area contributed by atoms with E-state index in [2.05, 4.69) is 29.7 Å². The Bertz CT molecular complexity index is 873. The lowest BCUT2D eigenvalue weighted by atomic mass is 10.0. The molecule has 2 aromatic carbocycles. The van der Waals surface area contributed by atoms with Gasteiger partial charge in [0.1, 0.15) is 17.3 Å². The summed E-state index contributed by atoms with van der Waals surface area (Å²) < 4.78 is 10.7. The van der Waals surface area contributed by atoms with Crippen molar-refractivity contribution in [1.82, 2.24) is 10.6 Å². The summed E-state index contributed by atoms with van der Waals surface area (Å²) in [6.45, 7) is 4.08. The summed E-state index contributed by atoms with van der Waals surface area (Å²) in [6.07, 6.45) is 3.39. The van der Waals surface area contributed by atoms with Crippen LogP contribution in [0.2, 0.25) is 0 Å². The highest BCUT2D eigenvalue weighted by Crippen LogP contribution is 2.24. The molecule has 1 unspecified atom stereocenters. The third kappa shape index (κ3) is 5.51. The van der Waals surface area contributed by atoms with E-state index in [0.717, 1.165) is 40.6 Å². The lowest BCUT2D eigenvalue weighted by molar-refractivity contribution is 0.305. The minimum absolute atomic E-state index is 0.0349. The molecule has 2 atom stereocenters. The zero-order valence-corrected chi connectivity index (χ0v) is 17.5. The normalized spacial score (nSPS) is 21.0. The summed E-state index contributed by atoms with van der Waals surface area (Å²) in [7, 11) is 3.30. The minimum Gasteiger partial charge on any atom is -0.497 e. The van der Waals surface area contributed by atoms with Crippen molar-refractivity contribution in [3.8, 4) is 11.5 Å². The first-order valence-corrected chi connectivity index (χ1v) is 9.79. The molecular formula is C23H30N4O2. The summed E-state index contributed by atoms with van der Waals surface area (Å²) in [4.78, 5) is 4.83. The van der Waals surface area contributed by atoms with Gasteiger partial charge >= 0.3 is 0 Å². The average molecular weight is 395 g/mol. The summed E-state index contributed by atoms with van der Waals surface area (Å²) >= 11 is 0. The van der Waals surface area contributed by atoms with Gasteiger partial charge in [0.2, 0.25) is 0 Å². The fourth-order valence-corrected chi connectivity index (χ4v) is 3.45. The molecule has 1 aliphatic heterocycles. The van der Waals surface area contributed by atoms with E-state index in [-0.39, 0.29) is 6.04 Å². The Morgan fingerprint density at radius 3 is 2.31 bits per heavy atom. The molecule has 0 aliphatic carbocycles. The van der Waals surface area contributed by atoms with Crippen molar-refractivity contribution < 1.29 is 9.47 Å². The van der Waals surface area contributed by atoms with Gasteiger partial charge < -0.3 is 20.1 Å². The van der Waals surface area contributed by atoms with E-state index in [4.69, 9.17) is 20.2 Å². The van der Waals surface area contributed by atoms with Gasteiger partial charge in [0.15, 0.2) is 5.79 Å². The van der Waals surface area contributed by atoms with Gasteiger partial charge in [0.05, 0.1) is 20.3 Å². The van der Waals surface area contributed by atoms with Crippen LogP contribution in [-0.4, -0.2) is 25.8 Å². The molecule has 1 aliphatic rings. The van der Waals surface area contributed by atoms with Crippen LogP contribution in [0.4, 0.5) is 0 Å². The Balaban J connectivity index is 1.73. The molecule has 0 saturated carbocycles. The molecule has 0 saturated heterocycles. The van der Waals surface area contributed by atoms with Gasteiger partial charge in [0.25, 0.3) is 0 Å². The Labute approximate surface area is 172 Å². The number of amidine groups is 1. The zero-order chi connectivity index (χ0) is 20.9. The van der Waals surface area contributed by atoms with E-state index in [1.54, 1.807) is 14.2 Å². The third-order valence-electron chi connectivity index (χ3n) is 4.96. The van der Waals surface area contributed by atoms with Crippen LogP contribution in [0.1, 0.15) is 37.4 Å². The van der Waals surface area contributed by atoms with Crippen LogP contribution in [0.3, 0.4) is 0 Å². The second-order valence-corrected chi connectivity index (χ2v) is 7.37. The smallest absolute Gasteiger partial charge is 0.162 e. The molecule has 6 heteroatoms. The SMILES string of the molecule is COc1cc(CCC2(N)NC(C)=CC(=N[C@@H](C)c3ccccc3)N2)cc(OC)c1. The summed E-state index contributed by atoms with van der Waals surface area (Å²) in [5.74, 6) is 1.53. The Kier molecular flexibility index (Phi) is 6.44. The first kappa shape index (κ1) is 20.7. The van der Waals surface area contributed by atoms with E-state index in [0.29, 0.717) is 6.42 Å². The highest BCUT2D eigenvalue weighted by molar-refractivity contribution is 5.95. The van der Waals surface area contributed by atoms with Crippen LogP contribution < -0.4 is 25.8 Å². The molecular weight excluding hydrogens is 364 g/mol. The van der Waals surface area contributed by atoms with Crippen molar-refractivity contribution in [2.45, 2.75) is 38.5 Å². The summed E-state index contributed by atoms with van der Waals surface area (Å²) in [6, 6.07) is 16.1. The average Bonchev–Trinajstić information content (AvgIpc) is 2.72. The molecule has 3 rings (SSSR count). The topological polar surface area (TPSA) is 80.9 Å². The van der Waals surface area contributed by atoms with Gasteiger partial charge in [-0.2, -0.15) is 0 Å². The molecule has 4 N–H and O–H groups in total. The number of methoxy groups -OCH3 is 2. The number of nitrogens with zero attached hydrogens (tertiary/aromatic N) is 1. The molecule has 0 aromatic heterocycles. The Hall–Kier alpha value is -2.99. The minimum atomic E-state index is -0.787. The Morgan fingerprint density at radius 1 is 1.03 bits per heavy atom. The first-order chi connectivity index (χ1) is 13.9. The van der Waals surface area contributed by atoms with Crippen molar-refractivity contribution in [2.24, 2.45) is 10.7 Å². The standard InChI is InChI=1S/C23H30N4O2/c1-16-12-22(25-17(2)19-8-6-5-7-9-19)27-23(24,26-16)11-10-18-13-20(28-3)15-21(14-18)29-4/h5-9,12-15,17,26H,10-11,24H2,1-4H3,(H,25,27)/t17-,23?/m0/s1. The number of rotatable bonds is 7. The van der Waals surface area contributed by atoms with Crippen LogP contribution in [0.25, 0.3) is 0 Å². The number of aliphatic imine (C=N–C) groups is 1. The fourth-order valence-electron chi connectivity index (χ4n) is 3.45. The van der Waals surface area contributed by atoms with E-state index in [1.165, 1.54) is 0 Å². The number of benzene rings is 2. The van der Waals surface area contributed by atoms with Crippen molar-refractivity contribution in [1.29, 1.82) is 0 Å². The number of hydrogen-bond donors (Lipinski definition) is 3. The highest BCUT2D eigenvalue weighted by atomic mass is 16.5. The van der Waals surface area contributed by atoms with Crippen LogP contribution in [0.15, 0.2) is 65.3 Å². The number of aryl methyl sites for hydroxylation is 1.